The van der Waals surface area contributed by atoms with Gasteiger partial charge in [-0.15, -0.1) is 0 Å². The van der Waals surface area contributed by atoms with E-state index >= 15 is 0 Å². The summed E-state index contributed by atoms with van der Waals surface area (Å²) in [6, 6.07) is 22.7. The van der Waals surface area contributed by atoms with Crippen molar-refractivity contribution in [3.63, 3.8) is 0 Å². The number of methoxy groups -OCH3 is 1. The van der Waals surface area contributed by atoms with Gasteiger partial charge < -0.3 is 25.8 Å². The lowest BCUT2D eigenvalue weighted by Crippen LogP contribution is -2.36. The zero-order valence-corrected chi connectivity index (χ0v) is 17.2. The SMILES string of the molecule is COc1ccc(CNC(=O)C[C@H](NC(N)=O)c2cccc(Oc3ccccc3)c2)cc1. The summed E-state index contributed by atoms with van der Waals surface area (Å²) in [5, 5.41) is 5.50. The summed E-state index contributed by atoms with van der Waals surface area (Å²) in [6.45, 7) is 0.364. The fourth-order valence-corrected chi connectivity index (χ4v) is 3.04. The van der Waals surface area contributed by atoms with E-state index in [2.05, 4.69) is 10.6 Å². The number of carbonyl (C=O) groups excluding carboxylic acids is 2. The van der Waals surface area contributed by atoms with Crippen LogP contribution in [0.3, 0.4) is 0 Å². The number of hydrogen-bond acceptors (Lipinski definition) is 4. The molecule has 0 aromatic heterocycles. The predicted molar refractivity (Wildman–Crippen MR) is 118 cm³/mol. The van der Waals surface area contributed by atoms with E-state index in [0.717, 1.165) is 11.3 Å². The van der Waals surface area contributed by atoms with Gasteiger partial charge in [-0.25, -0.2) is 4.79 Å². The molecule has 7 nitrogen and oxygen atoms in total. The molecule has 0 radical (unpaired) electrons. The molecule has 3 rings (SSSR count). The van der Waals surface area contributed by atoms with E-state index in [-0.39, 0.29) is 12.3 Å². The van der Waals surface area contributed by atoms with E-state index < -0.39 is 12.1 Å². The minimum absolute atomic E-state index is 0.0356. The first-order chi connectivity index (χ1) is 15.0. The highest BCUT2D eigenvalue weighted by molar-refractivity contribution is 5.78. The lowest BCUT2D eigenvalue weighted by atomic mass is 10.0. The van der Waals surface area contributed by atoms with E-state index in [0.29, 0.717) is 23.6 Å². The van der Waals surface area contributed by atoms with Crippen molar-refractivity contribution in [2.75, 3.05) is 7.11 Å². The van der Waals surface area contributed by atoms with Crippen molar-refractivity contribution in [3.8, 4) is 17.2 Å². The first kappa shape index (κ1) is 21.7. The van der Waals surface area contributed by atoms with Crippen LogP contribution >= 0.6 is 0 Å². The Morgan fingerprint density at radius 3 is 2.29 bits per heavy atom. The minimum atomic E-state index is -0.706. The average molecular weight is 419 g/mol. The molecule has 7 heteroatoms. The normalized spacial score (nSPS) is 11.3. The summed E-state index contributed by atoms with van der Waals surface area (Å²) in [7, 11) is 1.60. The number of carbonyl (C=O) groups is 2. The van der Waals surface area contributed by atoms with Crippen molar-refractivity contribution in [1.82, 2.24) is 10.6 Å². The smallest absolute Gasteiger partial charge is 0.312 e. The number of para-hydroxylation sites is 1. The van der Waals surface area contributed by atoms with E-state index in [1.54, 1.807) is 19.2 Å². The molecule has 0 fully saturated rings. The van der Waals surface area contributed by atoms with Gasteiger partial charge in [0.15, 0.2) is 0 Å². The third-order valence-corrected chi connectivity index (χ3v) is 4.59. The summed E-state index contributed by atoms with van der Waals surface area (Å²) in [5.74, 6) is 1.82. The topological polar surface area (TPSA) is 103 Å². The summed E-state index contributed by atoms with van der Waals surface area (Å²) >= 11 is 0. The fourth-order valence-electron chi connectivity index (χ4n) is 3.04. The van der Waals surface area contributed by atoms with Crippen LogP contribution in [0, 0.1) is 0 Å². The van der Waals surface area contributed by atoms with Gasteiger partial charge in [-0.05, 0) is 47.5 Å². The Labute approximate surface area is 181 Å². The number of ether oxygens (including phenoxy) is 2. The number of amides is 3. The molecule has 31 heavy (non-hydrogen) atoms. The Balaban J connectivity index is 1.65. The Kier molecular flexibility index (Phi) is 7.48. The molecule has 0 aliphatic rings. The number of primary amides is 1. The molecule has 4 N–H and O–H groups in total. The monoisotopic (exact) mass is 419 g/mol. The van der Waals surface area contributed by atoms with Crippen LogP contribution in [-0.2, 0) is 11.3 Å². The fraction of sp³-hybridized carbons (Fsp3) is 0.167. The van der Waals surface area contributed by atoms with Crippen LogP contribution < -0.4 is 25.8 Å². The van der Waals surface area contributed by atoms with E-state index in [1.165, 1.54) is 0 Å². The Morgan fingerprint density at radius 1 is 0.903 bits per heavy atom. The number of hydrogen-bond donors (Lipinski definition) is 3. The molecular weight excluding hydrogens is 394 g/mol. The molecule has 0 heterocycles. The van der Waals surface area contributed by atoms with Gasteiger partial charge in [0, 0.05) is 6.54 Å². The molecule has 0 spiro atoms. The zero-order valence-electron chi connectivity index (χ0n) is 17.2. The minimum Gasteiger partial charge on any atom is -0.497 e. The molecule has 1 atom stereocenters. The van der Waals surface area contributed by atoms with Crippen molar-refractivity contribution in [1.29, 1.82) is 0 Å². The highest BCUT2D eigenvalue weighted by Gasteiger charge is 2.18. The summed E-state index contributed by atoms with van der Waals surface area (Å²) < 4.78 is 11.0. The number of rotatable bonds is 9. The Hall–Kier alpha value is -4.00. The van der Waals surface area contributed by atoms with E-state index in [1.807, 2.05) is 66.7 Å². The lowest BCUT2D eigenvalue weighted by molar-refractivity contribution is -0.121. The second-order valence-electron chi connectivity index (χ2n) is 6.88. The zero-order chi connectivity index (χ0) is 22.1. The van der Waals surface area contributed by atoms with Crippen LogP contribution in [0.1, 0.15) is 23.6 Å². The van der Waals surface area contributed by atoms with Crippen LogP contribution in [0.15, 0.2) is 78.9 Å². The third-order valence-electron chi connectivity index (χ3n) is 4.59. The van der Waals surface area contributed by atoms with Gasteiger partial charge >= 0.3 is 6.03 Å². The first-order valence-electron chi connectivity index (χ1n) is 9.82. The predicted octanol–water partition coefficient (Wildman–Crippen LogP) is 3.90. The molecule has 0 saturated carbocycles. The Morgan fingerprint density at radius 2 is 1.61 bits per heavy atom. The molecule has 3 aromatic rings. The van der Waals surface area contributed by atoms with Crippen LogP contribution in [0.4, 0.5) is 4.79 Å². The third kappa shape index (κ3) is 6.78. The van der Waals surface area contributed by atoms with E-state index in [4.69, 9.17) is 15.2 Å². The first-order valence-corrected chi connectivity index (χ1v) is 9.82. The average Bonchev–Trinajstić information content (AvgIpc) is 2.78. The second-order valence-corrected chi connectivity index (χ2v) is 6.88. The van der Waals surface area contributed by atoms with Crippen molar-refractivity contribution < 1.29 is 19.1 Å². The van der Waals surface area contributed by atoms with Crippen LogP contribution in [0.5, 0.6) is 17.2 Å². The largest absolute Gasteiger partial charge is 0.497 e. The molecule has 0 unspecified atom stereocenters. The van der Waals surface area contributed by atoms with Crippen LogP contribution in [0.2, 0.25) is 0 Å². The highest BCUT2D eigenvalue weighted by Crippen LogP contribution is 2.26. The van der Waals surface area contributed by atoms with E-state index in [9.17, 15) is 9.59 Å². The molecule has 0 bridgehead atoms. The maximum atomic E-state index is 12.5. The van der Waals surface area contributed by atoms with Gasteiger partial charge in [-0.1, -0.05) is 42.5 Å². The van der Waals surface area contributed by atoms with Crippen LogP contribution in [-0.4, -0.2) is 19.0 Å². The number of nitrogens with one attached hydrogen (secondary N) is 2. The van der Waals surface area contributed by atoms with Crippen molar-refractivity contribution in [2.24, 2.45) is 5.73 Å². The summed E-state index contributed by atoms with van der Waals surface area (Å²) in [4.78, 5) is 24.0. The molecule has 0 aliphatic heterocycles. The summed E-state index contributed by atoms with van der Waals surface area (Å²) in [5.41, 5.74) is 6.99. The van der Waals surface area contributed by atoms with Gasteiger partial charge in [0.1, 0.15) is 17.2 Å². The van der Waals surface area contributed by atoms with Crippen molar-refractivity contribution in [2.45, 2.75) is 19.0 Å². The lowest BCUT2D eigenvalue weighted by Gasteiger charge is -2.19. The van der Waals surface area contributed by atoms with Gasteiger partial charge in [0.05, 0.1) is 19.6 Å². The van der Waals surface area contributed by atoms with Gasteiger partial charge in [-0.3, -0.25) is 4.79 Å². The van der Waals surface area contributed by atoms with Crippen molar-refractivity contribution in [3.05, 3.63) is 90.0 Å². The van der Waals surface area contributed by atoms with Crippen LogP contribution in [0.25, 0.3) is 0 Å². The molecule has 0 saturated heterocycles. The number of nitrogens with two attached hydrogens (primary N) is 1. The summed E-state index contributed by atoms with van der Waals surface area (Å²) in [6.07, 6.45) is 0.0356. The molecular formula is C24H25N3O4. The van der Waals surface area contributed by atoms with Gasteiger partial charge in [0.25, 0.3) is 0 Å². The molecule has 0 aliphatic carbocycles. The standard InChI is InChI=1S/C24H25N3O4/c1-30-19-12-10-17(11-13-19)16-26-23(28)15-22(27-24(25)29)18-6-5-9-21(14-18)31-20-7-3-2-4-8-20/h2-14,22H,15-16H2,1H3,(H,26,28)(H3,25,27,29)/t22-/m0/s1. The number of benzene rings is 3. The van der Waals surface area contributed by atoms with Crippen molar-refractivity contribution >= 4 is 11.9 Å². The highest BCUT2D eigenvalue weighted by atomic mass is 16.5. The maximum Gasteiger partial charge on any atom is 0.312 e. The Bertz CT molecular complexity index is 1010. The molecule has 160 valence electrons. The molecule has 3 amide bonds. The second kappa shape index (κ2) is 10.7. The van der Waals surface area contributed by atoms with Gasteiger partial charge in [-0.2, -0.15) is 0 Å². The quantitative estimate of drug-likeness (QED) is 0.489. The number of urea groups is 1. The maximum absolute atomic E-state index is 12.5. The molecule has 3 aromatic carbocycles. The van der Waals surface area contributed by atoms with Gasteiger partial charge in [0.2, 0.25) is 5.91 Å².